The lowest BCUT2D eigenvalue weighted by Crippen LogP contribution is -2.69. The van der Waals surface area contributed by atoms with Crippen molar-refractivity contribution in [1.29, 1.82) is 0 Å². The molecule has 6 atom stereocenters. The van der Waals surface area contributed by atoms with Crippen LogP contribution in [0, 0.1) is 28.6 Å². The molecule has 4 aliphatic rings. The van der Waals surface area contributed by atoms with Gasteiger partial charge in [-0.3, -0.25) is 0 Å². The molecule has 0 radical (unpaired) electrons. The van der Waals surface area contributed by atoms with Crippen LogP contribution in [0.2, 0.25) is 0 Å². The summed E-state index contributed by atoms with van der Waals surface area (Å²) in [6.07, 6.45) is 6.51. The van der Waals surface area contributed by atoms with Crippen molar-refractivity contribution in [1.82, 2.24) is 0 Å². The number of allylic oxidation sites excluding steroid dienone is 1. The van der Waals surface area contributed by atoms with E-state index in [0.29, 0.717) is 24.3 Å². The van der Waals surface area contributed by atoms with Gasteiger partial charge in [0.05, 0.1) is 11.7 Å². The zero-order chi connectivity index (χ0) is 17.9. The summed E-state index contributed by atoms with van der Waals surface area (Å²) in [5, 5.41) is 31.3. The van der Waals surface area contributed by atoms with E-state index in [1.807, 2.05) is 6.08 Å². The number of carboxylic acids is 1. The van der Waals surface area contributed by atoms with Crippen LogP contribution in [0.4, 0.5) is 0 Å². The first kappa shape index (κ1) is 17.9. The van der Waals surface area contributed by atoms with Gasteiger partial charge in [-0.15, -0.1) is 0 Å². The van der Waals surface area contributed by atoms with E-state index in [2.05, 4.69) is 20.8 Å². The van der Waals surface area contributed by atoms with Crippen LogP contribution in [-0.2, 0) is 4.79 Å². The predicted octanol–water partition coefficient (Wildman–Crippen LogP) is 3.37. The van der Waals surface area contributed by atoms with Gasteiger partial charge in [-0.2, -0.15) is 0 Å². The number of fused-ring (bicyclic) bond motifs is 2. The Morgan fingerprint density at radius 2 is 1.96 bits per heavy atom. The Balaban J connectivity index is 1.92. The number of carboxylic acid groups (broad SMARTS) is 1. The van der Waals surface area contributed by atoms with Crippen molar-refractivity contribution in [3.63, 3.8) is 0 Å². The molecule has 0 heterocycles. The van der Waals surface area contributed by atoms with Crippen molar-refractivity contribution in [2.24, 2.45) is 28.6 Å². The van der Waals surface area contributed by atoms with Gasteiger partial charge in [0.25, 0.3) is 0 Å². The van der Waals surface area contributed by atoms with E-state index in [1.54, 1.807) is 6.92 Å². The van der Waals surface area contributed by atoms with Gasteiger partial charge >= 0.3 is 5.97 Å². The van der Waals surface area contributed by atoms with Crippen molar-refractivity contribution in [2.45, 2.75) is 77.9 Å². The van der Waals surface area contributed by atoms with Gasteiger partial charge in [-0.25, -0.2) is 4.79 Å². The smallest absolute Gasteiger partial charge is 0.330 e. The molecule has 0 amide bonds. The third kappa shape index (κ3) is 2.22. The molecule has 4 fully saturated rings. The summed E-state index contributed by atoms with van der Waals surface area (Å²) in [7, 11) is 0. The molecule has 4 nitrogen and oxygen atoms in total. The zero-order valence-corrected chi connectivity index (χ0v) is 15.4. The first-order valence-corrected chi connectivity index (χ1v) is 9.37. The van der Waals surface area contributed by atoms with Gasteiger partial charge in [-0.05, 0) is 68.6 Å². The van der Waals surface area contributed by atoms with Gasteiger partial charge in [0.15, 0.2) is 0 Å². The summed E-state index contributed by atoms with van der Waals surface area (Å²) in [4.78, 5) is 11.0. The van der Waals surface area contributed by atoms with Crippen LogP contribution in [0.15, 0.2) is 11.6 Å². The summed E-state index contributed by atoms with van der Waals surface area (Å²) in [6.45, 7) is 8.27. The highest BCUT2D eigenvalue weighted by molar-refractivity contribution is 5.85. The average molecular weight is 336 g/mol. The normalized spacial score (nSPS) is 46.8. The molecule has 24 heavy (non-hydrogen) atoms. The van der Waals surface area contributed by atoms with Crippen LogP contribution in [0.25, 0.3) is 0 Å². The zero-order valence-electron chi connectivity index (χ0n) is 15.4. The fourth-order valence-corrected chi connectivity index (χ4v) is 6.64. The summed E-state index contributed by atoms with van der Waals surface area (Å²) >= 11 is 0. The van der Waals surface area contributed by atoms with Crippen LogP contribution in [-0.4, -0.2) is 33.0 Å². The fraction of sp³-hybridized carbons (Fsp3) is 0.850. The van der Waals surface area contributed by atoms with E-state index < -0.39 is 11.6 Å². The van der Waals surface area contributed by atoms with E-state index >= 15 is 0 Å². The minimum Gasteiger partial charge on any atom is -0.478 e. The second-order valence-electron chi connectivity index (χ2n) is 9.25. The molecular formula is C20H32O4. The maximum atomic E-state index is 11.6. The molecule has 0 unspecified atom stereocenters. The lowest BCUT2D eigenvalue weighted by Gasteiger charge is -2.68. The molecule has 2 bridgehead atoms. The number of aliphatic carboxylic acids is 1. The fourth-order valence-electron chi connectivity index (χ4n) is 6.64. The standard InChI is InChI=1S/C20H32O4/c1-12(17(22)23)6-5-7-16-18(3,4)14-10-20(24)13(2)8-9-19(16,20)11-15(14)21/h6,13-16,21,24H,5,7-11H2,1-4H3,(H,22,23)/b12-6+/t13-,14-,15-,16+,19+,20-/m0/s1. The molecule has 4 aliphatic carbocycles. The maximum Gasteiger partial charge on any atom is 0.330 e. The summed E-state index contributed by atoms with van der Waals surface area (Å²) in [5.74, 6) is -0.138. The van der Waals surface area contributed by atoms with Gasteiger partial charge in [0.2, 0.25) is 0 Å². The largest absolute Gasteiger partial charge is 0.478 e. The first-order chi connectivity index (χ1) is 11.1. The molecule has 0 aromatic rings. The number of hydrogen-bond donors (Lipinski definition) is 3. The van der Waals surface area contributed by atoms with Crippen LogP contribution in [0.1, 0.15) is 66.2 Å². The topological polar surface area (TPSA) is 77.8 Å². The second-order valence-corrected chi connectivity index (χ2v) is 9.25. The van der Waals surface area contributed by atoms with Crippen LogP contribution in [0.5, 0.6) is 0 Å². The van der Waals surface area contributed by atoms with E-state index in [9.17, 15) is 15.0 Å². The van der Waals surface area contributed by atoms with Crippen molar-refractivity contribution < 1.29 is 20.1 Å². The molecule has 0 aromatic carbocycles. The van der Waals surface area contributed by atoms with Crippen LogP contribution in [0.3, 0.4) is 0 Å². The lowest BCUT2D eigenvalue weighted by molar-refractivity contribution is -0.270. The Labute approximate surface area is 145 Å². The van der Waals surface area contributed by atoms with Gasteiger partial charge < -0.3 is 15.3 Å². The van der Waals surface area contributed by atoms with Crippen LogP contribution < -0.4 is 0 Å². The molecule has 4 saturated carbocycles. The Morgan fingerprint density at radius 1 is 1.29 bits per heavy atom. The maximum absolute atomic E-state index is 11.6. The number of rotatable bonds is 4. The molecule has 3 N–H and O–H groups in total. The van der Waals surface area contributed by atoms with E-state index in [-0.39, 0.29) is 28.8 Å². The Kier molecular flexibility index (Phi) is 4.16. The number of aliphatic hydroxyl groups is 2. The molecule has 0 aromatic heterocycles. The van der Waals surface area contributed by atoms with Crippen molar-refractivity contribution in [3.8, 4) is 0 Å². The monoisotopic (exact) mass is 336 g/mol. The average Bonchev–Trinajstić information content (AvgIpc) is 2.74. The Hall–Kier alpha value is -0.870. The molecule has 0 aliphatic heterocycles. The number of hydrogen-bond acceptors (Lipinski definition) is 3. The number of carbonyl (C=O) groups is 1. The minimum atomic E-state index is -0.862. The van der Waals surface area contributed by atoms with Crippen molar-refractivity contribution in [2.75, 3.05) is 0 Å². The van der Waals surface area contributed by atoms with Gasteiger partial charge in [-0.1, -0.05) is 26.8 Å². The third-order valence-electron chi connectivity index (χ3n) is 8.03. The Morgan fingerprint density at radius 3 is 2.58 bits per heavy atom. The third-order valence-corrected chi connectivity index (χ3v) is 8.03. The summed E-state index contributed by atoms with van der Waals surface area (Å²) in [5.41, 5.74) is -0.516. The second kappa shape index (κ2) is 5.57. The molecule has 4 rings (SSSR count). The minimum absolute atomic E-state index is 0.0288. The quantitative estimate of drug-likeness (QED) is 0.688. The summed E-state index contributed by atoms with van der Waals surface area (Å²) < 4.78 is 0. The highest BCUT2D eigenvalue weighted by atomic mass is 16.4. The molecule has 1 spiro atoms. The molecule has 136 valence electrons. The number of aliphatic hydroxyl groups excluding tert-OH is 1. The van der Waals surface area contributed by atoms with Gasteiger partial charge in [0.1, 0.15) is 0 Å². The van der Waals surface area contributed by atoms with E-state index in [4.69, 9.17) is 5.11 Å². The lowest BCUT2D eigenvalue weighted by atomic mass is 9.39. The van der Waals surface area contributed by atoms with Crippen molar-refractivity contribution in [3.05, 3.63) is 11.6 Å². The highest BCUT2D eigenvalue weighted by Gasteiger charge is 2.72. The molecular weight excluding hydrogens is 304 g/mol. The van der Waals surface area contributed by atoms with E-state index in [1.165, 1.54) is 0 Å². The Bertz CT molecular complexity index is 566. The first-order valence-electron chi connectivity index (χ1n) is 9.37. The van der Waals surface area contributed by atoms with Gasteiger partial charge in [0, 0.05) is 11.0 Å². The SMILES string of the molecule is C/C(=C\CC[C@@H]1C(C)(C)[C@H]2C[C@]3(O)[C@@H](C)CC[C@@]13C[C@@H]2O)C(=O)O. The summed E-state index contributed by atoms with van der Waals surface area (Å²) in [6, 6.07) is 0. The molecule has 4 heteroatoms. The van der Waals surface area contributed by atoms with Crippen LogP contribution >= 0.6 is 0 Å². The van der Waals surface area contributed by atoms with E-state index in [0.717, 1.165) is 25.7 Å². The molecule has 0 saturated heterocycles. The highest BCUT2D eigenvalue weighted by Crippen LogP contribution is 2.73. The van der Waals surface area contributed by atoms with Crippen molar-refractivity contribution >= 4 is 5.97 Å². The predicted molar refractivity (Wildman–Crippen MR) is 92.4 cm³/mol.